The maximum absolute atomic E-state index is 12.9. The van der Waals surface area contributed by atoms with Gasteiger partial charge in [-0.3, -0.25) is 0 Å². The van der Waals surface area contributed by atoms with Crippen LogP contribution >= 0.6 is 0 Å². The Morgan fingerprint density at radius 1 is 1.43 bits per heavy atom. The molecule has 6 heteroatoms. The number of hydrogen-bond acceptors (Lipinski definition) is 3. The average molecular weight is 205 g/mol. The van der Waals surface area contributed by atoms with Gasteiger partial charge in [0.05, 0.1) is 11.9 Å². The zero-order valence-corrected chi connectivity index (χ0v) is 8.33. The number of aliphatic hydroxyl groups excluding tert-OH is 1. The van der Waals surface area contributed by atoms with Crippen LogP contribution in [0.1, 0.15) is 26.5 Å². The van der Waals surface area contributed by atoms with Crippen LogP contribution in [0.4, 0.5) is 8.78 Å². The second kappa shape index (κ2) is 3.27. The number of nitrogens with zero attached hydrogens (tertiary/aromatic N) is 3. The van der Waals surface area contributed by atoms with E-state index in [2.05, 4.69) is 10.3 Å². The first-order chi connectivity index (χ1) is 6.27. The van der Waals surface area contributed by atoms with Gasteiger partial charge in [-0.15, -0.1) is 5.10 Å². The lowest BCUT2D eigenvalue weighted by molar-refractivity contribution is -0.131. The zero-order valence-electron chi connectivity index (χ0n) is 8.33. The predicted molar refractivity (Wildman–Crippen MR) is 46.0 cm³/mol. The molecular formula is C8H13F2N3O. The summed E-state index contributed by atoms with van der Waals surface area (Å²) in [5.74, 6) is 0. The fraction of sp³-hybridized carbons (Fsp3) is 0.750. The number of rotatable bonds is 2. The molecule has 0 bridgehead atoms. The molecule has 0 saturated carbocycles. The van der Waals surface area contributed by atoms with Crippen molar-refractivity contribution in [3.05, 3.63) is 11.9 Å². The molecule has 0 aromatic carbocycles. The summed E-state index contributed by atoms with van der Waals surface area (Å²) in [4.78, 5) is 0. The van der Waals surface area contributed by atoms with Crippen LogP contribution in [0.25, 0.3) is 0 Å². The minimum absolute atomic E-state index is 0.330. The molecule has 0 amide bonds. The molecule has 80 valence electrons. The molecule has 1 rings (SSSR count). The van der Waals surface area contributed by atoms with E-state index in [9.17, 15) is 8.78 Å². The fourth-order valence-corrected chi connectivity index (χ4v) is 0.840. The van der Waals surface area contributed by atoms with E-state index in [1.54, 1.807) is 0 Å². The molecular weight excluding hydrogens is 192 g/mol. The van der Waals surface area contributed by atoms with E-state index in [-0.39, 0.29) is 5.41 Å². The van der Waals surface area contributed by atoms with Crippen molar-refractivity contribution < 1.29 is 13.9 Å². The van der Waals surface area contributed by atoms with Crippen LogP contribution in [0.15, 0.2) is 6.20 Å². The molecule has 0 spiro atoms. The Balaban J connectivity index is 3.00. The number of alkyl halides is 2. The summed E-state index contributed by atoms with van der Waals surface area (Å²) in [7, 11) is 0. The van der Waals surface area contributed by atoms with Crippen LogP contribution in [0.5, 0.6) is 0 Å². The number of hydrogen-bond donors (Lipinski definition) is 1. The molecule has 1 aromatic rings. The molecule has 0 aliphatic carbocycles. The minimum atomic E-state index is -3.38. The summed E-state index contributed by atoms with van der Waals surface area (Å²) in [5.41, 5.74) is 0.134. The van der Waals surface area contributed by atoms with Crippen molar-refractivity contribution in [2.75, 3.05) is 6.61 Å². The zero-order chi connectivity index (χ0) is 11.0. The van der Waals surface area contributed by atoms with Crippen LogP contribution < -0.4 is 0 Å². The normalized spacial score (nSPS) is 13.3. The quantitative estimate of drug-likeness (QED) is 0.787. The largest absolute Gasteiger partial charge is 0.388 e. The first-order valence-corrected chi connectivity index (χ1v) is 4.19. The molecule has 1 N–H and O–H groups in total. The molecule has 1 heterocycles. The van der Waals surface area contributed by atoms with Gasteiger partial charge in [-0.05, 0) is 0 Å². The molecule has 4 nitrogen and oxygen atoms in total. The third-order valence-electron chi connectivity index (χ3n) is 1.79. The Morgan fingerprint density at radius 3 is 2.36 bits per heavy atom. The molecule has 0 aliphatic rings. The number of aromatic nitrogens is 3. The van der Waals surface area contributed by atoms with E-state index in [4.69, 9.17) is 5.11 Å². The van der Waals surface area contributed by atoms with Crippen molar-refractivity contribution >= 4 is 0 Å². The first kappa shape index (κ1) is 11.0. The molecule has 1 aromatic heterocycles. The van der Waals surface area contributed by atoms with Crippen molar-refractivity contribution in [1.82, 2.24) is 15.0 Å². The van der Waals surface area contributed by atoms with E-state index in [1.165, 1.54) is 0 Å². The van der Waals surface area contributed by atoms with Gasteiger partial charge >= 0.3 is 6.05 Å². The predicted octanol–water partition coefficient (Wildman–Crippen LogP) is 1.12. The van der Waals surface area contributed by atoms with Gasteiger partial charge in [0.2, 0.25) is 0 Å². The Morgan fingerprint density at radius 2 is 2.00 bits per heavy atom. The van der Waals surface area contributed by atoms with Gasteiger partial charge in [-0.25, -0.2) is 0 Å². The molecule has 0 unspecified atom stereocenters. The summed E-state index contributed by atoms with van der Waals surface area (Å²) in [6.07, 6.45) is 1.15. The topological polar surface area (TPSA) is 50.9 Å². The van der Waals surface area contributed by atoms with Gasteiger partial charge in [-0.2, -0.15) is 13.5 Å². The minimum Gasteiger partial charge on any atom is -0.388 e. The van der Waals surface area contributed by atoms with E-state index < -0.39 is 12.7 Å². The van der Waals surface area contributed by atoms with E-state index in [1.807, 2.05) is 20.8 Å². The molecule has 0 saturated heterocycles. The van der Waals surface area contributed by atoms with Crippen molar-refractivity contribution in [1.29, 1.82) is 0 Å². The van der Waals surface area contributed by atoms with Crippen LogP contribution in [-0.4, -0.2) is 26.7 Å². The van der Waals surface area contributed by atoms with Gasteiger partial charge in [0.15, 0.2) is 0 Å². The van der Waals surface area contributed by atoms with E-state index in [0.717, 1.165) is 6.20 Å². The highest BCUT2D eigenvalue weighted by Gasteiger charge is 2.33. The van der Waals surface area contributed by atoms with Crippen molar-refractivity contribution in [2.24, 2.45) is 0 Å². The maximum atomic E-state index is 12.9. The molecule has 0 radical (unpaired) electrons. The Hall–Kier alpha value is -1.04. The Bertz CT molecular complexity index is 317. The third-order valence-corrected chi connectivity index (χ3v) is 1.79. The van der Waals surface area contributed by atoms with Crippen LogP contribution in [0.3, 0.4) is 0 Å². The molecule has 0 fully saturated rings. The molecule has 0 atom stereocenters. The smallest absolute Gasteiger partial charge is 0.367 e. The van der Waals surface area contributed by atoms with Gasteiger partial charge in [0.25, 0.3) is 0 Å². The summed E-state index contributed by atoms with van der Waals surface area (Å²) in [6, 6.07) is -3.38. The second-order valence-corrected chi connectivity index (χ2v) is 4.12. The highest BCUT2D eigenvalue weighted by molar-refractivity contribution is 5.06. The van der Waals surface area contributed by atoms with Crippen molar-refractivity contribution in [2.45, 2.75) is 32.2 Å². The standard InChI is InChI=1S/C8H13F2N3O/c1-7(2,3)6-4-13(12-11-6)8(9,10)5-14/h4,14H,5H2,1-3H3. The number of aliphatic hydroxyl groups is 1. The molecule has 0 aliphatic heterocycles. The lowest BCUT2D eigenvalue weighted by Gasteiger charge is -2.14. The summed E-state index contributed by atoms with van der Waals surface area (Å²) in [6.45, 7) is 4.26. The van der Waals surface area contributed by atoms with Crippen LogP contribution in [0, 0.1) is 0 Å². The van der Waals surface area contributed by atoms with Crippen LogP contribution in [-0.2, 0) is 11.5 Å². The Kier molecular flexibility index (Phi) is 2.58. The van der Waals surface area contributed by atoms with E-state index in [0.29, 0.717) is 10.4 Å². The van der Waals surface area contributed by atoms with E-state index >= 15 is 0 Å². The SMILES string of the molecule is CC(C)(C)c1cn(C(F)(F)CO)nn1. The first-order valence-electron chi connectivity index (χ1n) is 4.19. The summed E-state index contributed by atoms with van der Waals surface area (Å²) < 4.78 is 26.2. The highest BCUT2D eigenvalue weighted by atomic mass is 19.3. The maximum Gasteiger partial charge on any atom is 0.367 e. The van der Waals surface area contributed by atoms with Gasteiger partial charge in [0, 0.05) is 5.41 Å². The van der Waals surface area contributed by atoms with Crippen molar-refractivity contribution in [3.63, 3.8) is 0 Å². The van der Waals surface area contributed by atoms with Crippen LogP contribution in [0.2, 0.25) is 0 Å². The Labute approximate surface area is 80.5 Å². The van der Waals surface area contributed by atoms with Gasteiger partial charge < -0.3 is 5.11 Å². The third kappa shape index (κ3) is 2.06. The lowest BCUT2D eigenvalue weighted by Crippen LogP contribution is -2.27. The average Bonchev–Trinajstić information content (AvgIpc) is 2.51. The summed E-state index contributed by atoms with van der Waals surface area (Å²) >= 11 is 0. The number of halogens is 2. The monoisotopic (exact) mass is 205 g/mol. The second-order valence-electron chi connectivity index (χ2n) is 4.12. The van der Waals surface area contributed by atoms with Crippen molar-refractivity contribution in [3.8, 4) is 0 Å². The lowest BCUT2D eigenvalue weighted by atomic mass is 9.93. The molecule has 14 heavy (non-hydrogen) atoms. The van der Waals surface area contributed by atoms with Gasteiger partial charge in [0.1, 0.15) is 6.61 Å². The summed E-state index contributed by atoms with van der Waals surface area (Å²) in [5, 5.41) is 15.3. The highest BCUT2D eigenvalue weighted by Crippen LogP contribution is 2.23. The van der Waals surface area contributed by atoms with Gasteiger partial charge in [-0.1, -0.05) is 26.0 Å². The fourth-order valence-electron chi connectivity index (χ4n) is 0.840.